The second-order valence-electron chi connectivity index (χ2n) is 5.43. The largest absolute Gasteiger partial charge is 0.322 e. The Morgan fingerprint density at radius 3 is 2.12 bits per heavy atom. The second kappa shape index (κ2) is 8.08. The van der Waals surface area contributed by atoms with Crippen LogP contribution in [0, 0.1) is 0 Å². The molecule has 0 spiro atoms. The fraction of sp³-hybridized carbons (Fsp3) is 0.278. The van der Waals surface area contributed by atoms with Crippen molar-refractivity contribution < 1.29 is 13.2 Å². The highest BCUT2D eigenvalue weighted by Crippen LogP contribution is 2.15. The van der Waals surface area contributed by atoms with Gasteiger partial charge in [-0.25, -0.2) is 13.1 Å². The molecule has 2 aromatic carbocycles. The smallest absolute Gasteiger partial charge is 0.255 e. The predicted molar refractivity (Wildman–Crippen MR) is 95.7 cm³/mol. The number of aryl methyl sites for hydroxylation is 1. The highest BCUT2D eigenvalue weighted by atomic mass is 32.2. The molecule has 128 valence electrons. The first kappa shape index (κ1) is 18.2. The third-order valence-corrected chi connectivity index (χ3v) is 5.07. The minimum atomic E-state index is -3.49. The summed E-state index contributed by atoms with van der Waals surface area (Å²) in [5.41, 5.74) is 2.28. The summed E-state index contributed by atoms with van der Waals surface area (Å²) in [7, 11) is -3.49. The first-order valence-electron chi connectivity index (χ1n) is 7.96. The van der Waals surface area contributed by atoms with Crippen molar-refractivity contribution in [1.82, 2.24) is 4.72 Å². The highest BCUT2D eigenvalue weighted by molar-refractivity contribution is 7.89. The summed E-state index contributed by atoms with van der Waals surface area (Å²) < 4.78 is 26.5. The molecule has 0 aliphatic rings. The van der Waals surface area contributed by atoms with Crippen LogP contribution in [0.5, 0.6) is 0 Å². The van der Waals surface area contributed by atoms with E-state index in [0.717, 1.165) is 12.8 Å². The minimum absolute atomic E-state index is 0.182. The Balaban J connectivity index is 2.06. The molecule has 0 fully saturated rings. The third kappa shape index (κ3) is 4.66. The van der Waals surface area contributed by atoms with Crippen molar-refractivity contribution in [2.45, 2.75) is 31.6 Å². The number of amides is 1. The van der Waals surface area contributed by atoms with Crippen LogP contribution in [0.25, 0.3) is 0 Å². The highest BCUT2D eigenvalue weighted by Gasteiger charge is 2.13. The number of hydrogen-bond donors (Lipinski definition) is 2. The van der Waals surface area contributed by atoms with Gasteiger partial charge in [0.2, 0.25) is 10.0 Å². The normalized spacial score (nSPS) is 11.2. The van der Waals surface area contributed by atoms with Crippen LogP contribution in [-0.2, 0) is 16.4 Å². The fourth-order valence-corrected chi connectivity index (χ4v) is 3.27. The summed E-state index contributed by atoms with van der Waals surface area (Å²) in [6.45, 7) is 4.35. The molecule has 24 heavy (non-hydrogen) atoms. The molecule has 1 amide bonds. The van der Waals surface area contributed by atoms with E-state index in [9.17, 15) is 13.2 Å². The van der Waals surface area contributed by atoms with Crippen LogP contribution in [0.4, 0.5) is 5.69 Å². The van der Waals surface area contributed by atoms with Crippen LogP contribution >= 0.6 is 0 Å². The number of nitrogens with one attached hydrogen (secondary N) is 2. The number of hydrogen-bond acceptors (Lipinski definition) is 3. The number of rotatable bonds is 7. The van der Waals surface area contributed by atoms with Gasteiger partial charge in [-0.2, -0.15) is 0 Å². The van der Waals surface area contributed by atoms with Gasteiger partial charge in [0, 0.05) is 17.8 Å². The van der Waals surface area contributed by atoms with Crippen molar-refractivity contribution in [3.8, 4) is 0 Å². The van der Waals surface area contributed by atoms with E-state index >= 15 is 0 Å². The van der Waals surface area contributed by atoms with Crippen molar-refractivity contribution in [3.63, 3.8) is 0 Å². The molecule has 0 bridgehead atoms. The zero-order valence-corrected chi connectivity index (χ0v) is 14.7. The lowest BCUT2D eigenvalue weighted by Gasteiger charge is -2.08. The van der Waals surface area contributed by atoms with Crippen molar-refractivity contribution in [2.75, 3.05) is 11.9 Å². The molecule has 6 heteroatoms. The molecule has 0 aromatic heterocycles. The van der Waals surface area contributed by atoms with Gasteiger partial charge in [0.05, 0.1) is 4.90 Å². The molecule has 5 nitrogen and oxygen atoms in total. The maximum absolute atomic E-state index is 12.2. The standard InChI is InChI=1S/C18H22N2O3S/c1-3-13-19-24(22,23)17-11-9-16(10-12-17)20-18(21)15-7-5-14(4-2)6-8-15/h5-12,19H,3-4,13H2,1-2H3,(H,20,21). The molecular formula is C18H22N2O3S. The average molecular weight is 346 g/mol. The van der Waals surface area contributed by atoms with E-state index in [-0.39, 0.29) is 10.8 Å². The molecule has 2 N–H and O–H groups in total. The lowest BCUT2D eigenvalue weighted by atomic mass is 10.1. The van der Waals surface area contributed by atoms with Gasteiger partial charge >= 0.3 is 0 Å². The Hall–Kier alpha value is -2.18. The molecule has 0 saturated heterocycles. The van der Waals surface area contributed by atoms with Crippen molar-refractivity contribution in [3.05, 3.63) is 59.7 Å². The van der Waals surface area contributed by atoms with Crippen LogP contribution in [0.2, 0.25) is 0 Å². The van der Waals surface area contributed by atoms with Gasteiger partial charge in [0.15, 0.2) is 0 Å². The van der Waals surface area contributed by atoms with Crippen molar-refractivity contribution >= 4 is 21.6 Å². The van der Waals surface area contributed by atoms with E-state index in [1.807, 2.05) is 19.1 Å². The zero-order valence-electron chi connectivity index (χ0n) is 13.9. The van der Waals surface area contributed by atoms with Gasteiger partial charge in [0.25, 0.3) is 5.91 Å². The summed E-state index contributed by atoms with van der Waals surface area (Å²) in [6.07, 6.45) is 1.65. The molecule has 2 rings (SSSR count). The van der Waals surface area contributed by atoms with Crippen molar-refractivity contribution in [2.24, 2.45) is 0 Å². The topological polar surface area (TPSA) is 75.3 Å². The molecule has 0 radical (unpaired) electrons. The van der Waals surface area contributed by atoms with Crippen LogP contribution in [0.1, 0.15) is 36.2 Å². The quantitative estimate of drug-likeness (QED) is 0.808. The van der Waals surface area contributed by atoms with Gasteiger partial charge < -0.3 is 5.32 Å². The predicted octanol–water partition coefficient (Wildman–Crippen LogP) is 3.19. The van der Waals surface area contributed by atoms with Gasteiger partial charge in [-0.1, -0.05) is 26.0 Å². The number of carbonyl (C=O) groups is 1. The minimum Gasteiger partial charge on any atom is -0.322 e. The molecule has 2 aromatic rings. The molecule has 0 atom stereocenters. The zero-order chi connectivity index (χ0) is 17.6. The summed E-state index contributed by atoms with van der Waals surface area (Å²) in [5.74, 6) is -0.225. The Morgan fingerprint density at radius 2 is 1.58 bits per heavy atom. The number of anilines is 1. The molecule has 0 aliphatic heterocycles. The van der Waals surface area contributed by atoms with E-state index < -0.39 is 10.0 Å². The van der Waals surface area contributed by atoms with Crippen LogP contribution in [0.15, 0.2) is 53.4 Å². The second-order valence-corrected chi connectivity index (χ2v) is 7.19. The molecule has 0 heterocycles. The van der Waals surface area contributed by atoms with Crippen LogP contribution < -0.4 is 10.0 Å². The Kier molecular flexibility index (Phi) is 6.11. The lowest BCUT2D eigenvalue weighted by molar-refractivity contribution is 0.102. The lowest BCUT2D eigenvalue weighted by Crippen LogP contribution is -2.24. The first-order chi connectivity index (χ1) is 11.5. The fourth-order valence-electron chi connectivity index (χ4n) is 2.13. The number of carbonyl (C=O) groups excluding carboxylic acids is 1. The summed E-state index contributed by atoms with van der Waals surface area (Å²) >= 11 is 0. The van der Waals surface area contributed by atoms with E-state index in [2.05, 4.69) is 17.0 Å². The maximum Gasteiger partial charge on any atom is 0.255 e. The Labute approximate surface area is 143 Å². The SMILES string of the molecule is CCCNS(=O)(=O)c1ccc(NC(=O)c2ccc(CC)cc2)cc1. The van der Waals surface area contributed by atoms with E-state index in [0.29, 0.717) is 17.8 Å². The third-order valence-electron chi connectivity index (χ3n) is 3.59. The summed E-state index contributed by atoms with van der Waals surface area (Å²) in [4.78, 5) is 12.4. The Morgan fingerprint density at radius 1 is 0.958 bits per heavy atom. The number of sulfonamides is 1. The van der Waals surface area contributed by atoms with E-state index in [1.54, 1.807) is 24.3 Å². The van der Waals surface area contributed by atoms with Gasteiger partial charge in [-0.05, 0) is 54.8 Å². The molecule has 0 unspecified atom stereocenters. The van der Waals surface area contributed by atoms with Gasteiger partial charge in [-0.3, -0.25) is 4.79 Å². The van der Waals surface area contributed by atoms with Gasteiger partial charge in [0.1, 0.15) is 0 Å². The molecular weight excluding hydrogens is 324 g/mol. The maximum atomic E-state index is 12.2. The van der Waals surface area contributed by atoms with Crippen LogP contribution in [0.3, 0.4) is 0 Å². The Bertz CT molecular complexity index is 782. The summed E-state index contributed by atoms with van der Waals surface area (Å²) in [6, 6.07) is 13.5. The van der Waals surface area contributed by atoms with Gasteiger partial charge in [-0.15, -0.1) is 0 Å². The first-order valence-corrected chi connectivity index (χ1v) is 9.44. The van der Waals surface area contributed by atoms with E-state index in [1.165, 1.54) is 17.7 Å². The molecule has 0 saturated carbocycles. The van der Waals surface area contributed by atoms with E-state index in [4.69, 9.17) is 0 Å². The number of benzene rings is 2. The van der Waals surface area contributed by atoms with Crippen LogP contribution in [-0.4, -0.2) is 20.9 Å². The molecule has 0 aliphatic carbocycles. The monoisotopic (exact) mass is 346 g/mol. The summed E-state index contributed by atoms with van der Waals surface area (Å²) in [5, 5.41) is 2.76. The average Bonchev–Trinajstić information content (AvgIpc) is 2.60. The van der Waals surface area contributed by atoms with Crippen molar-refractivity contribution in [1.29, 1.82) is 0 Å².